The van der Waals surface area contributed by atoms with E-state index in [2.05, 4.69) is 20.2 Å². The summed E-state index contributed by atoms with van der Waals surface area (Å²) in [5.41, 5.74) is 1.72. The maximum atomic E-state index is 13.8. The maximum absolute atomic E-state index is 13.8. The molecule has 3 aromatic rings. The van der Waals surface area contributed by atoms with Crippen molar-refractivity contribution in [2.24, 2.45) is 5.92 Å². The quantitative estimate of drug-likeness (QED) is 0.494. The minimum atomic E-state index is -1.60. The predicted octanol–water partition coefficient (Wildman–Crippen LogP) is 2.27. The number of carbonyl (C=O) groups is 1. The van der Waals surface area contributed by atoms with Gasteiger partial charge in [-0.05, 0) is 42.3 Å². The number of hydrogen-bond acceptors (Lipinski definition) is 5. The Morgan fingerprint density at radius 2 is 1.93 bits per heavy atom. The van der Waals surface area contributed by atoms with Gasteiger partial charge < -0.3 is 0 Å². The van der Waals surface area contributed by atoms with E-state index in [1.165, 1.54) is 11.1 Å². The van der Waals surface area contributed by atoms with E-state index in [1.807, 2.05) is 12.1 Å². The van der Waals surface area contributed by atoms with Crippen LogP contribution in [0.15, 0.2) is 48.9 Å². The molecule has 0 aromatic carbocycles. The average Bonchev–Trinajstić information content (AvgIpc) is 3.13. The Labute approximate surface area is 174 Å². The molecule has 1 aliphatic rings. The minimum absolute atomic E-state index is 0.193. The Morgan fingerprint density at radius 3 is 2.59 bits per heavy atom. The third-order valence-electron chi connectivity index (χ3n) is 4.98. The van der Waals surface area contributed by atoms with Gasteiger partial charge in [0.05, 0.1) is 21.4 Å². The third-order valence-corrected chi connectivity index (χ3v) is 5.26. The van der Waals surface area contributed by atoms with Crippen molar-refractivity contribution in [1.82, 2.24) is 20.2 Å². The number of anilines is 1. The van der Waals surface area contributed by atoms with Crippen molar-refractivity contribution < 1.29 is 9.18 Å². The van der Waals surface area contributed by atoms with E-state index in [0.717, 1.165) is 11.6 Å². The fourth-order valence-electron chi connectivity index (χ4n) is 3.36. The predicted molar refractivity (Wildman–Crippen MR) is 108 cm³/mol. The third kappa shape index (κ3) is 3.62. The van der Waals surface area contributed by atoms with Crippen LogP contribution in [0.4, 0.5) is 10.2 Å². The van der Waals surface area contributed by atoms with Crippen LogP contribution in [-0.4, -0.2) is 48.3 Å². The van der Waals surface area contributed by atoms with Crippen molar-refractivity contribution in [3.05, 3.63) is 65.5 Å². The van der Waals surface area contributed by atoms with Gasteiger partial charge in [-0.25, -0.2) is 9.37 Å². The molecule has 1 amide bonds. The zero-order chi connectivity index (χ0) is 20.6. The monoisotopic (exact) mass is 403 g/mol. The first-order valence-electron chi connectivity index (χ1n) is 8.82. The van der Waals surface area contributed by atoms with Gasteiger partial charge in [0.1, 0.15) is 0 Å². The molecule has 0 spiro atoms. The summed E-state index contributed by atoms with van der Waals surface area (Å²) in [6.45, 7) is 0.367. The molecule has 10 heteroatoms. The number of pyridine rings is 2. The Hall–Kier alpha value is -2.80. The van der Waals surface area contributed by atoms with Crippen LogP contribution in [0.25, 0.3) is 11.3 Å². The molecular formula is C19H13B2ClFN5O. The van der Waals surface area contributed by atoms with E-state index < -0.39 is 16.9 Å². The Bertz CT molecular complexity index is 1050. The van der Waals surface area contributed by atoms with Crippen molar-refractivity contribution >= 4 is 39.0 Å². The Morgan fingerprint density at radius 1 is 1.17 bits per heavy atom. The molecule has 4 heterocycles. The molecule has 1 saturated heterocycles. The summed E-state index contributed by atoms with van der Waals surface area (Å²) in [5.74, 6) is -1.43. The van der Waals surface area contributed by atoms with Crippen LogP contribution in [0.2, 0.25) is 5.15 Å². The molecule has 1 unspecified atom stereocenters. The smallest absolute Gasteiger partial charge is 0.230 e. The molecule has 0 aliphatic carbocycles. The van der Waals surface area contributed by atoms with E-state index in [4.69, 9.17) is 27.3 Å². The summed E-state index contributed by atoms with van der Waals surface area (Å²) in [4.78, 5) is 22.2. The van der Waals surface area contributed by atoms with E-state index in [-0.39, 0.29) is 16.6 Å². The molecule has 4 rings (SSSR count). The number of rotatable bonds is 4. The molecule has 0 saturated carbocycles. The summed E-state index contributed by atoms with van der Waals surface area (Å²) < 4.78 is 13.8. The number of aromatic nitrogens is 4. The van der Waals surface area contributed by atoms with Crippen LogP contribution >= 0.6 is 11.6 Å². The summed E-state index contributed by atoms with van der Waals surface area (Å²) in [6, 6.07) is 8.22. The van der Waals surface area contributed by atoms with Gasteiger partial charge in [-0.15, -0.1) is 10.2 Å². The summed E-state index contributed by atoms with van der Waals surface area (Å²) >= 11 is 5.62. The summed E-state index contributed by atoms with van der Waals surface area (Å²) in [7, 11) is 12.5. The highest BCUT2D eigenvalue weighted by molar-refractivity contribution is 6.42. The second-order valence-electron chi connectivity index (χ2n) is 6.77. The van der Waals surface area contributed by atoms with E-state index >= 15 is 0 Å². The fraction of sp³-hybridized carbons (Fsp3) is 0.211. The van der Waals surface area contributed by atoms with Gasteiger partial charge in [0.15, 0.2) is 16.8 Å². The molecule has 0 N–H and O–H groups in total. The highest BCUT2D eigenvalue weighted by atomic mass is 35.5. The Kier molecular flexibility index (Phi) is 5.08. The second-order valence-corrected chi connectivity index (χ2v) is 7.13. The molecule has 140 valence electrons. The van der Waals surface area contributed by atoms with Crippen molar-refractivity contribution in [2.75, 3.05) is 11.4 Å². The Balaban J connectivity index is 1.56. The minimum Gasteiger partial charge on any atom is -0.295 e. The van der Waals surface area contributed by atoms with Crippen LogP contribution < -0.4 is 4.90 Å². The number of hydrogen-bond donors (Lipinski definition) is 0. The van der Waals surface area contributed by atoms with Crippen LogP contribution in [0, 0.1) is 11.7 Å². The van der Waals surface area contributed by atoms with Crippen molar-refractivity contribution in [2.45, 2.75) is 11.6 Å². The van der Waals surface area contributed by atoms with E-state index in [0.29, 0.717) is 24.5 Å². The molecule has 3 aromatic heterocycles. The largest absolute Gasteiger partial charge is 0.295 e. The molecule has 4 radical (unpaired) electrons. The maximum Gasteiger partial charge on any atom is 0.230 e. The number of halogens is 2. The number of nitrogens with zero attached hydrogens (tertiary/aromatic N) is 5. The van der Waals surface area contributed by atoms with Crippen LogP contribution in [-0.2, 0) is 10.0 Å². The van der Waals surface area contributed by atoms with Gasteiger partial charge in [-0.2, -0.15) is 0 Å². The van der Waals surface area contributed by atoms with Gasteiger partial charge in [0, 0.05) is 36.6 Å². The van der Waals surface area contributed by atoms with E-state index in [1.54, 1.807) is 24.5 Å². The fourth-order valence-corrected chi connectivity index (χ4v) is 3.46. The molecule has 29 heavy (non-hydrogen) atoms. The first-order chi connectivity index (χ1) is 13.9. The number of amides is 1. The van der Waals surface area contributed by atoms with Crippen LogP contribution in [0.1, 0.15) is 12.0 Å². The van der Waals surface area contributed by atoms with Crippen LogP contribution in [0.5, 0.6) is 0 Å². The second kappa shape index (κ2) is 7.55. The van der Waals surface area contributed by atoms with Gasteiger partial charge in [0.25, 0.3) is 0 Å². The summed E-state index contributed by atoms with van der Waals surface area (Å²) in [5, 5.41) is 6.47. The van der Waals surface area contributed by atoms with Crippen molar-refractivity contribution in [3.63, 3.8) is 0 Å². The first-order valence-corrected chi connectivity index (χ1v) is 9.20. The lowest BCUT2D eigenvalue weighted by Gasteiger charge is -2.32. The van der Waals surface area contributed by atoms with Gasteiger partial charge >= 0.3 is 0 Å². The lowest BCUT2D eigenvalue weighted by molar-refractivity contribution is -0.120. The number of carbonyl (C=O) groups excluding carboxylic acids is 1. The van der Waals surface area contributed by atoms with Crippen LogP contribution in [0.3, 0.4) is 0 Å². The molecular weight excluding hydrogens is 390 g/mol. The molecule has 1 fully saturated rings. The molecule has 6 nitrogen and oxygen atoms in total. The normalized spacial score (nSPS) is 17.0. The highest BCUT2D eigenvalue weighted by Gasteiger charge is 2.43. The standard InChI is InChI=1S/C19H13B2ClFN5O/c20-19(21,12-9-14(23)17(22)25-10-12)13-5-8-28(18(13)29)16-2-1-15(26-27-16)11-3-6-24-7-4-11/h1-4,6-7,9-10,13H,5,8H2. The van der Waals surface area contributed by atoms with E-state index in [9.17, 15) is 9.18 Å². The van der Waals surface area contributed by atoms with Gasteiger partial charge in [0.2, 0.25) is 5.91 Å². The lowest BCUT2D eigenvalue weighted by atomic mass is 9.45. The summed E-state index contributed by atoms with van der Waals surface area (Å²) in [6.07, 6.45) is 4.99. The molecule has 1 atom stereocenters. The zero-order valence-corrected chi connectivity index (χ0v) is 15.9. The highest BCUT2D eigenvalue weighted by Crippen LogP contribution is 2.36. The first kappa shape index (κ1) is 19.5. The van der Waals surface area contributed by atoms with Crippen molar-refractivity contribution in [3.8, 4) is 11.3 Å². The SMILES string of the molecule is [B]C([B])(c1cnc(Cl)c(F)c1)C1CCN(c2ccc(-c3ccncc3)nn2)C1=O. The average molecular weight is 403 g/mol. The van der Waals surface area contributed by atoms with Gasteiger partial charge in [-0.3, -0.25) is 14.7 Å². The lowest BCUT2D eigenvalue weighted by Crippen LogP contribution is -2.42. The molecule has 1 aliphatic heterocycles. The molecule has 0 bridgehead atoms. The topological polar surface area (TPSA) is 71.9 Å². The zero-order valence-electron chi connectivity index (χ0n) is 15.2. The van der Waals surface area contributed by atoms with Gasteiger partial charge in [-0.1, -0.05) is 16.8 Å². The van der Waals surface area contributed by atoms with Crippen molar-refractivity contribution in [1.29, 1.82) is 0 Å².